The van der Waals surface area contributed by atoms with Gasteiger partial charge in [-0.15, -0.1) is 0 Å². The van der Waals surface area contributed by atoms with E-state index in [1.54, 1.807) is 0 Å². The molecule has 1 rings (SSSR count). The van der Waals surface area contributed by atoms with Crippen molar-refractivity contribution in [1.82, 2.24) is 5.32 Å². The second-order valence-corrected chi connectivity index (χ2v) is 4.26. The Hall–Kier alpha value is 0.240. The SMILES string of the molecule is CCC1OCCC1CNCC(Cl)=CCl. The van der Waals surface area contributed by atoms with Crippen molar-refractivity contribution in [3.8, 4) is 0 Å². The second kappa shape index (κ2) is 6.67. The van der Waals surface area contributed by atoms with Crippen molar-refractivity contribution in [3.63, 3.8) is 0 Å². The summed E-state index contributed by atoms with van der Waals surface area (Å²) in [5.74, 6) is 0.625. The maximum atomic E-state index is 5.76. The van der Waals surface area contributed by atoms with Gasteiger partial charge in [0.15, 0.2) is 0 Å². The number of nitrogens with one attached hydrogen (secondary N) is 1. The van der Waals surface area contributed by atoms with Crippen LogP contribution in [0.3, 0.4) is 0 Å². The van der Waals surface area contributed by atoms with Gasteiger partial charge in [-0.1, -0.05) is 30.1 Å². The molecule has 0 radical (unpaired) electrons. The van der Waals surface area contributed by atoms with E-state index in [1.165, 1.54) is 5.54 Å². The first-order valence-electron chi connectivity index (χ1n) is 5.05. The van der Waals surface area contributed by atoms with Gasteiger partial charge >= 0.3 is 0 Å². The highest BCUT2D eigenvalue weighted by Gasteiger charge is 2.25. The largest absolute Gasteiger partial charge is 0.378 e. The summed E-state index contributed by atoms with van der Waals surface area (Å²) in [6.45, 7) is 4.66. The molecular formula is C10H17Cl2NO. The standard InChI is InChI=1S/C10H17Cl2NO/c1-2-10-8(3-4-14-10)6-13-7-9(12)5-11/h5,8,10,13H,2-4,6-7H2,1H3. The molecule has 2 unspecified atom stereocenters. The lowest BCUT2D eigenvalue weighted by Gasteiger charge is -2.16. The smallest absolute Gasteiger partial charge is 0.0613 e. The van der Waals surface area contributed by atoms with Crippen molar-refractivity contribution in [2.45, 2.75) is 25.9 Å². The number of hydrogen-bond donors (Lipinski definition) is 1. The number of ether oxygens (including phenoxy) is 1. The second-order valence-electron chi connectivity index (χ2n) is 3.55. The Morgan fingerprint density at radius 1 is 1.64 bits per heavy atom. The van der Waals surface area contributed by atoms with E-state index >= 15 is 0 Å². The van der Waals surface area contributed by atoms with E-state index in [9.17, 15) is 0 Å². The average molecular weight is 238 g/mol. The van der Waals surface area contributed by atoms with Crippen LogP contribution in [0.5, 0.6) is 0 Å². The molecule has 0 aliphatic carbocycles. The maximum absolute atomic E-state index is 5.76. The van der Waals surface area contributed by atoms with Crippen LogP contribution in [0.1, 0.15) is 19.8 Å². The van der Waals surface area contributed by atoms with E-state index in [4.69, 9.17) is 27.9 Å². The van der Waals surface area contributed by atoms with Crippen molar-refractivity contribution < 1.29 is 4.74 Å². The summed E-state index contributed by atoms with van der Waals surface area (Å²) in [5.41, 5.74) is 1.40. The van der Waals surface area contributed by atoms with Gasteiger partial charge in [0.05, 0.1) is 6.10 Å². The van der Waals surface area contributed by atoms with Crippen molar-refractivity contribution in [2.24, 2.45) is 5.92 Å². The molecule has 1 heterocycles. The molecule has 1 fully saturated rings. The van der Waals surface area contributed by atoms with E-state index in [0.717, 1.165) is 26.0 Å². The molecule has 1 saturated heterocycles. The van der Waals surface area contributed by atoms with E-state index in [2.05, 4.69) is 12.2 Å². The Bertz CT molecular complexity index is 197. The predicted octanol–water partition coefficient (Wildman–Crippen LogP) is 2.71. The summed E-state index contributed by atoms with van der Waals surface area (Å²) in [5, 5.41) is 3.93. The van der Waals surface area contributed by atoms with Gasteiger partial charge in [0.2, 0.25) is 0 Å². The van der Waals surface area contributed by atoms with Gasteiger partial charge in [0, 0.05) is 30.3 Å². The summed E-state index contributed by atoms with van der Waals surface area (Å²) in [6.07, 6.45) is 2.65. The highest BCUT2D eigenvalue weighted by molar-refractivity contribution is 6.36. The normalized spacial score (nSPS) is 28.4. The van der Waals surface area contributed by atoms with Gasteiger partial charge in [-0.3, -0.25) is 0 Å². The first kappa shape index (κ1) is 12.3. The van der Waals surface area contributed by atoms with Gasteiger partial charge in [0.25, 0.3) is 0 Å². The predicted molar refractivity (Wildman–Crippen MR) is 60.8 cm³/mol. The van der Waals surface area contributed by atoms with Crippen LogP contribution in [0.25, 0.3) is 0 Å². The van der Waals surface area contributed by atoms with Gasteiger partial charge < -0.3 is 10.1 Å². The van der Waals surface area contributed by atoms with Crippen LogP contribution < -0.4 is 5.32 Å². The lowest BCUT2D eigenvalue weighted by atomic mass is 10.00. The van der Waals surface area contributed by atoms with Crippen LogP contribution in [0, 0.1) is 5.92 Å². The van der Waals surface area contributed by atoms with Crippen LogP contribution in [0.2, 0.25) is 0 Å². The third-order valence-electron chi connectivity index (χ3n) is 2.57. The molecule has 4 heteroatoms. The fourth-order valence-electron chi connectivity index (χ4n) is 1.79. The molecule has 82 valence electrons. The van der Waals surface area contributed by atoms with Crippen molar-refractivity contribution in [2.75, 3.05) is 19.7 Å². The third kappa shape index (κ3) is 3.77. The van der Waals surface area contributed by atoms with Crippen molar-refractivity contribution >= 4 is 23.2 Å². The zero-order chi connectivity index (χ0) is 10.4. The fraction of sp³-hybridized carbons (Fsp3) is 0.800. The van der Waals surface area contributed by atoms with Gasteiger partial charge in [-0.05, 0) is 18.8 Å². The summed E-state index contributed by atoms with van der Waals surface area (Å²) in [7, 11) is 0. The van der Waals surface area contributed by atoms with Crippen LogP contribution in [-0.2, 0) is 4.74 Å². The Morgan fingerprint density at radius 2 is 2.43 bits per heavy atom. The topological polar surface area (TPSA) is 21.3 Å². The van der Waals surface area contributed by atoms with Crippen LogP contribution >= 0.6 is 23.2 Å². The number of rotatable bonds is 5. The Labute approximate surface area is 95.6 Å². The third-order valence-corrected chi connectivity index (χ3v) is 3.19. The lowest BCUT2D eigenvalue weighted by molar-refractivity contribution is 0.0875. The molecule has 0 aromatic rings. The summed E-state index contributed by atoms with van der Waals surface area (Å²) in [6, 6.07) is 0. The first-order valence-corrected chi connectivity index (χ1v) is 5.86. The zero-order valence-corrected chi connectivity index (χ0v) is 9.94. The quantitative estimate of drug-likeness (QED) is 0.795. The molecule has 0 aromatic heterocycles. The minimum Gasteiger partial charge on any atom is -0.378 e. The van der Waals surface area contributed by atoms with E-state index in [1.807, 2.05) is 0 Å². The lowest BCUT2D eigenvalue weighted by Crippen LogP contribution is -2.28. The molecule has 1 N–H and O–H groups in total. The van der Waals surface area contributed by atoms with Gasteiger partial charge in [-0.2, -0.15) is 0 Å². The van der Waals surface area contributed by atoms with Gasteiger partial charge in [0.1, 0.15) is 0 Å². The highest BCUT2D eigenvalue weighted by Crippen LogP contribution is 2.22. The number of hydrogen-bond acceptors (Lipinski definition) is 2. The minimum atomic E-state index is 0.418. The van der Waals surface area contributed by atoms with Crippen LogP contribution in [0.15, 0.2) is 10.6 Å². The van der Waals surface area contributed by atoms with Crippen molar-refractivity contribution in [3.05, 3.63) is 10.6 Å². The molecule has 1 aliphatic rings. The highest BCUT2D eigenvalue weighted by atomic mass is 35.5. The summed E-state index contributed by atoms with van der Waals surface area (Å²) in [4.78, 5) is 0. The molecule has 0 amide bonds. The minimum absolute atomic E-state index is 0.418. The van der Waals surface area contributed by atoms with Gasteiger partial charge in [-0.25, -0.2) is 0 Å². The maximum Gasteiger partial charge on any atom is 0.0613 e. The molecule has 2 nitrogen and oxygen atoms in total. The molecule has 14 heavy (non-hydrogen) atoms. The van der Waals surface area contributed by atoms with E-state index in [-0.39, 0.29) is 0 Å². The molecule has 2 atom stereocenters. The first-order chi connectivity index (χ1) is 6.77. The monoisotopic (exact) mass is 237 g/mol. The van der Waals surface area contributed by atoms with E-state index in [0.29, 0.717) is 23.6 Å². The Morgan fingerprint density at radius 3 is 3.07 bits per heavy atom. The Kier molecular flexibility index (Phi) is 5.87. The number of halogens is 2. The van der Waals surface area contributed by atoms with E-state index < -0.39 is 0 Å². The summed E-state index contributed by atoms with van der Waals surface area (Å²) < 4.78 is 5.58. The molecule has 0 saturated carbocycles. The molecular weight excluding hydrogens is 221 g/mol. The molecule has 0 spiro atoms. The zero-order valence-electron chi connectivity index (χ0n) is 8.43. The van der Waals surface area contributed by atoms with Crippen molar-refractivity contribution in [1.29, 1.82) is 0 Å². The van der Waals surface area contributed by atoms with Crippen LogP contribution in [0.4, 0.5) is 0 Å². The summed E-state index contributed by atoms with van der Waals surface area (Å²) >= 11 is 11.2. The Balaban J connectivity index is 2.17. The van der Waals surface area contributed by atoms with Crippen LogP contribution in [-0.4, -0.2) is 25.8 Å². The molecule has 0 bridgehead atoms. The molecule has 0 aromatic carbocycles. The average Bonchev–Trinajstić information content (AvgIpc) is 2.65. The fourth-order valence-corrected chi connectivity index (χ4v) is 1.96. The molecule has 1 aliphatic heterocycles.